The van der Waals surface area contributed by atoms with Gasteiger partial charge in [-0.05, 0) is 6.08 Å². The third-order valence-corrected chi connectivity index (χ3v) is 1.35. The summed E-state index contributed by atoms with van der Waals surface area (Å²) in [6.07, 6.45) is 6.22. The summed E-state index contributed by atoms with van der Waals surface area (Å²) in [6.45, 7) is 0. The minimum Gasteiger partial charge on any atom is -0.356 e. The maximum absolute atomic E-state index is 10.8. The van der Waals surface area contributed by atoms with E-state index in [1.165, 1.54) is 6.08 Å². The van der Waals surface area contributed by atoms with Gasteiger partial charge in [-0.15, -0.1) is 0 Å². The number of carbonyl (C=O) groups is 1. The van der Waals surface area contributed by atoms with Crippen molar-refractivity contribution in [1.29, 1.82) is 0 Å². The number of nitrogens with one attached hydrogen (secondary N) is 1. The van der Waals surface area contributed by atoms with Gasteiger partial charge in [-0.25, -0.2) is 9.78 Å². The number of imidazole rings is 1. The predicted molar refractivity (Wildman–Crippen MR) is 50.5 cm³/mol. The van der Waals surface area contributed by atoms with Crippen molar-refractivity contribution >= 4 is 24.9 Å². The molecule has 70 valence electrons. The van der Waals surface area contributed by atoms with E-state index in [0.717, 1.165) is 0 Å². The molecular formula is C7H9N3O2S. The Bertz CT molecular complexity index is 321. The van der Waals surface area contributed by atoms with Crippen LogP contribution in [0, 0.1) is 0 Å². The molecule has 1 N–H and O–H groups in total. The van der Waals surface area contributed by atoms with E-state index in [0.29, 0.717) is 5.69 Å². The third kappa shape index (κ3) is 3.30. The topological polar surface area (TPSA) is 56.2 Å². The maximum Gasteiger partial charge on any atom is 0.350 e. The van der Waals surface area contributed by atoms with Gasteiger partial charge in [-0.3, -0.25) is 0 Å². The van der Waals surface area contributed by atoms with Gasteiger partial charge < -0.3 is 9.40 Å². The Morgan fingerprint density at radius 1 is 1.85 bits per heavy atom. The smallest absolute Gasteiger partial charge is 0.350 e. The number of aromatic nitrogens is 2. The van der Waals surface area contributed by atoms with Crippen molar-refractivity contribution in [3.63, 3.8) is 0 Å². The molecule has 0 saturated carbocycles. The first-order chi connectivity index (χ1) is 6.22. The lowest BCUT2D eigenvalue weighted by atomic mass is 10.4. The van der Waals surface area contributed by atoms with Crippen LogP contribution in [0.15, 0.2) is 18.6 Å². The van der Waals surface area contributed by atoms with Gasteiger partial charge in [0.05, 0.1) is 12.0 Å². The molecule has 0 spiro atoms. The Morgan fingerprint density at radius 2 is 2.62 bits per heavy atom. The average Bonchev–Trinajstić information content (AvgIpc) is 2.49. The van der Waals surface area contributed by atoms with Crippen molar-refractivity contribution < 1.29 is 9.63 Å². The molecule has 0 aromatic carbocycles. The van der Waals surface area contributed by atoms with Crippen LogP contribution in [0.1, 0.15) is 5.69 Å². The van der Waals surface area contributed by atoms with E-state index < -0.39 is 5.97 Å². The summed E-state index contributed by atoms with van der Waals surface area (Å²) in [4.78, 5) is 21.0. The molecule has 0 saturated heterocycles. The zero-order valence-corrected chi connectivity index (χ0v) is 7.86. The minimum atomic E-state index is -0.527. The Morgan fingerprint density at radius 3 is 3.15 bits per heavy atom. The number of carbonyl (C=O) groups excluding carboxylic acids is 1. The van der Waals surface area contributed by atoms with E-state index in [2.05, 4.69) is 22.6 Å². The van der Waals surface area contributed by atoms with Crippen molar-refractivity contribution in [2.75, 3.05) is 0 Å². The lowest BCUT2D eigenvalue weighted by molar-refractivity contribution is -0.140. The van der Waals surface area contributed by atoms with Crippen molar-refractivity contribution in [2.45, 2.75) is 0 Å². The van der Waals surface area contributed by atoms with Gasteiger partial charge in [0.1, 0.15) is 0 Å². The largest absolute Gasteiger partial charge is 0.356 e. The van der Waals surface area contributed by atoms with Crippen molar-refractivity contribution in [3.8, 4) is 0 Å². The fraction of sp³-hybridized carbons (Fsp3) is 0.143. The monoisotopic (exact) mass is 199 g/mol. The molecule has 0 aliphatic carbocycles. The maximum atomic E-state index is 10.8. The van der Waals surface area contributed by atoms with Crippen LogP contribution >= 0.6 is 12.8 Å². The predicted octanol–water partition coefficient (Wildman–Crippen LogP) is 0.326. The minimum absolute atomic E-state index is 0.527. The molecule has 0 amide bonds. The highest BCUT2D eigenvalue weighted by atomic mass is 32.1. The molecule has 1 aromatic heterocycles. The van der Waals surface area contributed by atoms with Gasteiger partial charge in [0.15, 0.2) is 0 Å². The van der Waals surface area contributed by atoms with Crippen LogP contribution in [0.3, 0.4) is 0 Å². The van der Waals surface area contributed by atoms with Crippen molar-refractivity contribution in [1.82, 2.24) is 14.4 Å². The molecule has 6 heteroatoms. The zero-order chi connectivity index (χ0) is 9.68. The molecule has 0 radical (unpaired) electrons. The lowest BCUT2D eigenvalue weighted by Crippen LogP contribution is -2.07. The van der Waals surface area contributed by atoms with E-state index in [-0.39, 0.29) is 0 Å². The molecule has 1 heterocycles. The molecule has 0 fully saturated rings. The summed E-state index contributed by atoms with van der Waals surface area (Å²) in [6, 6.07) is 0. The third-order valence-electron chi connectivity index (χ3n) is 1.26. The number of hydrogen-bond donors (Lipinski definition) is 2. The summed E-state index contributed by atoms with van der Waals surface area (Å²) in [5.41, 5.74) is 0.693. The Hall–Kier alpha value is -1.27. The second kappa shape index (κ2) is 4.68. The second-order valence-corrected chi connectivity index (χ2v) is 2.49. The molecule has 0 bridgehead atoms. The first kappa shape index (κ1) is 9.82. The van der Waals surface area contributed by atoms with Crippen LogP contribution in [-0.4, -0.2) is 15.5 Å². The molecule has 13 heavy (non-hydrogen) atoms. The van der Waals surface area contributed by atoms with Crippen molar-refractivity contribution in [2.24, 2.45) is 7.05 Å². The van der Waals surface area contributed by atoms with Gasteiger partial charge in [0.2, 0.25) is 0 Å². The normalized spacial score (nSPS) is 10.6. The highest BCUT2D eigenvalue weighted by Gasteiger charge is 1.95. The van der Waals surface area contributed by atoms with E-state index in [4.69, 9.17) is 0 Å². The number of nitrogens with zero attached hydrogens (tertiary/aromatic N) is 2. The zero-order valence-electron chi connectivity index (χ0n) is 6.97. The van der Waals surface area contributed by atoms with Crippen LogP contribution in [0.4, 0.5) is 0 Å². The SMILES string of the molecule is Cn1cnc(/C=C/C(=O)ONS)c1. The Labute approximate surface area is 80.9 Å². The van der Waals surface area contributed by atoms with Crippen LogP contribution in [0.25, 0.3) is 6.08 Å². The van der Waals surface area contributed by atoms with Crippen LogP contribution < -0.4 is 4.89 Å². The Kier molecular flexibility index (Phi) is 3.53. The van der Waals surface area contributed by atoms with Crippen LogP contribution in [-0.2, 0) is 16.7 Å². The van der Waals surface area contributed by atoms with E-state index in [1.807, 2.05) is 11.9 Å². The Balaban J connectivity index is 2.53. The van der Waals surface area contributed by atoms with Crippen molar-refractivity contribution in [3.05, 3.63) is 24.3 Å². The first-order valence-electron chi connectivity index (χ1n) is 3.48. The summed E-state index contributed by atoms with van der Waals surface area (Å²) < 4.78 is 1.78. The molecule has 0 unspecified atom stereocenters. The van der Waals surface area contributed by atoms with Crippen LogP contribution in [0.5, 0.6) is 0 Å². The number of hydrogen-bond acceptors (Lipinski definition) is 5. The number of thiol groups is 1. The average molecular weight is 199 g/mol. The molecule has 0 aliphatic rings. The summed E-state index contributed by atoms with van der Waals surface area (Å²) in [7, 11) is 1.85. The second-order valence-electron chi connectivity index (χ2n) is 2.31. The molecule has 1 rings (SSSR count). The summed E-state index contributed by atoms with van der Waals surface area (Å²) in [5, 5.41) is 0. The number of aryl methyl sites for hydroxylation is 1. The van der Waals surface area contributed by atoms with Gasteiger partial charge in [0.25, 0.3) is 0 Å². The van der Waals surface area contributed by atoms with Gasteiger partial charge >= 0.3 is 5.97 Å². The lowest BCUT2D eigenvalue weighted by Gasteiger charge is -1.92. The van der Waals surface area contributed by atoms with E-state index in [9.17, 15) is 4.79 Å². The highest BCUT2D eigenvalue weighted by Crippen LogP contribution is 1.96. The first-order valence-corrected chi connectivity index (χ1v) is 3.93. The fourth-order valence-corrected chi connectivity index (χ4v) is 0.842. The molecule has 1 aromatic rings. The standard InChI is InChI=1S/C7H9N3O2S/c1-10-4-6(8-5-10)2-3-7(11)12-9-13/h2-5,9,13H,1H3/b3-2+. The van der Waals surface area contributed by atoms with Crippen LogP contribution in [0.2, 0.25) is 0 Å². The summed E-state index contributed by atoms with van der Waals surface area (Å²) in [5.74, 6) is -0.527. The van der Waals surface area contributed by atoms with Gasteiger partial charge in [-0.1, -0.05) is 17.7 Å². The van der Waals surface area contributed by atoms with E-state index >= 15 is 0 Å². The summed E-state index contributed by atoms with van der Waals surface area (Å²) >= 11 is 3.50. The van der Waals surface area contributed by atoms with Gasteiger partial charge in [0, 0.05) is 19.3 Å². The quantitative estimate of drug-likeness (QED) is 0.418. The fourth-order valence-electron chi connectivity index (χ4n) is 0.752. The highest BCUT2D eigenvalue weighted by molar-refractivity contribution is 7.77. The number of rotatable bonds is 3. The molecular weight excluding hydrogens is 190 g/mol. The molecule has 0 atom stereocenters. The molecule has 0 aliphatic heterocycles. The van der Waals surface area contributed by atoms with Gasteiger partial charge in [-0.2, -0.15) is 0 Å². The van der Waals surface area contributed by atoms with E-state index in [1.54, 1.807) is 23.2 Å². The molecule has 5 nitrogen and oxygen atoms in total.